The zero-order chi connectivity index (χ0) is 19.4. The normalized spacial score (nSPS) is 17.1. The lowest BCUT2D eigenvalue weighted by molar-refractivity contribution is -0.144. The van der Waals surface area contributed by atoms with Crippen molar-refractivity contribution in [3.05, 3.63) is 78.4 Å². The first kappa shape index (κ1) is 19.1. The predicted octanol–water partition coefficient (Wildman–Crippen LogP) is 4.18. The van der Waals surface area contributed by atoms with E-state index in [9.17, 15) is 13.2 Å². The van der Waals surface area contributed by atoms with Gasteiger partial charge in [0, 0.05) is 30.7 Å². The van der Waals surface area contributed by atoms with E-state index >= 15 is 0 Å². The van der Waals surface area contributed by atoms with Crippen LogP contribution in [0, 0.1) is 0 Å². The zero-order valence-electron chi connectivity index (χ0n) is 15.0. The van der Waals surface area contributed by atoms with Gasteiger partial charge in [0.1, 0.15) is 5.69 Å². The summed E-state index contributed by atoms with van der Waals surface area (Å²) in [5, 5.41) is 7.15. The van der Waals surface area contributed by atoms with E-state index in [0.29, 0.717) is 12.2 Å². The third-order valence-electron chi connectivity index (χ3n) is 4.76. The molecule has 1 atom stereocenters. The Bertz CT molecular complexity index is 795. The highest BCUT2D eigenvalue weighted by Crippen LogP contribution is 2.30. The highest BCUT2D eigenvalue weighted by Gasteiger charge is 2.35. The van der Waals surface area contributed by atoms with Crippen molar-refractivity contribution in [2.24, 2.45) is 0 Å². The van der Waals surface area contributed by atoms with Crippen LogP contribution in [0.3, 0.4) is 0 Å². The van der Waals surface area contributed by atoms with Gasteiger partial charge in [-0.1, -0.05) is 43.5 Å². The van der Waals surface area contributed by atoms with Crippen LogP contribution < -0.4 is 5.32 Å². The van der Waals surface area contributed by atoms with Crippen molar-refractivity contribution in [3.8, 4) is 0 Å². The molecule has 4 nitrogen and oxygen atoms in total. The van der Waals surface area contributed by atoms with Gasteiger partial charge in [-0.3, -0.25) is 4.68 Å². The van der Waals surface area contributed by atoms with Gasteiger partial charge in [0.15, 0.2) is 0 Å². The number of nitrogens with one attached hydrogen (secondary N) is 1. The summed E-state index contributed by atoms with van der Waals surface area (Å²) in [7, 11) is 0. The second kappa shape index (κ2) is 7.90. The molecule has 3 rings (SSSR count). The molecule has 0 saturated carbocycles. The summed E-state index contributed by atoms with van der Waals surface area (Å²) in [5.41, 5.74) is 1.84. The molecule has 2 aromatic rings. The van der Waals surface area contributed by atoms with Crippen molar-refractivity contribution in [3.63, 3.8) is 0 Å². The van der Waals surface area contributed by atoms with E-state index in [1.54, 1.807) is 0 Å². The van der Waals surface area contributed by atoms with Crippen LogP contribution >= 0.6 is 0 Å². The highest BCUT2D eigenvalue weighted by molar-refractivity contribution is 5.18. The Morgan fingerprint density at radius 1 is 1.19 bits per heavy atom. The van der Waals surface area contributed by atoms with Gasteiger partial charge in [-0.25, -0.2) is 0 Å². The van der Waals surface area contributed by atoms with E-state index in [4.69, 9.17) is 0 Å². The number of aromatic nitrogens is 2. The number of likely N-dealkylation sites (tertiary alicyclic amines) is 1. The Morgan fingerprint density at radius 3 is 2.63 bits per heavy atom. The van der Waals surface area contributed by atoms with Gasteiger partial charge in [0.2, 0.25) is 0 Å². The second-order valence-corrected chi connectivity index (χ2v) is 6.65. The predicted molar refractivity (Wildman–Crippen MR) is 98.5 cm³/mol. The minimum absolute atomic E-state index is 0.00427. The maximum absolute atomic E-state index is 13.0. The number of rotatable bonds is 7. The van der Waals surface area contributed by atoms with E-state index in [-0.39, 0.29) is 12.6 Å². The summed E-state index contributed by atoms with van der Waals surface area (Å²) < 4.78 is 40.1. The standard InChI is InChI=1S/C20H23F3N4/c1-15(14-27-19(10-11-25-27)20(21,22)23)26-12-6-9-18(26)16(2)24-13-17-7-4-3-5-8-17/h3-5,7-8,10-11,18,24H,1-2,6,9,12-14H2. The average molecular weight is 376 g/mol. The van der Waals surface area contributed by atoms with E-state index in [1.165, 1.54) is 0 Å². The molecule has 1 aliphatic heterocycles. The van der Waals surface area contributed by atoms with Gasteiger partial charge in [-0.2, -0.15) is 18.3 Å². The molecular formula is C20H23F3N4. The minimum atomic E-state index is -4.43. The van der Waals surface area contributed by atoms with Crippen molar-refractivity contribution in [1.82, 2.24) is 20.0 Å². The number of nitrogens with zero attached hydrogens (tertiary/aromatic N) is 3. The molecular weight excluding hydrogens is 353 g/mol. The SMILES string of the molecule is C=C(NCc1ccccc1)C1CCCN1C(=C)Cn1nccc1C(F)(F)F. The second-order valence-electron chi connectivity index (χ2n) is 6.65. The fraction of sp³-hybridized carbons (Fsp3) is 0.350. The third kappa shape index (κ3) is 4.53. The maximum Gasteiger partial charge on any atom is 0.433 e. The Morgan fingerprint density at radius 2 is 1.93 bits per heavy atom. The first-order valence-corrected chi connectivity index (χ1v) is 8.86. The molecule has 1 N–H and O–H groups in total. The minimum Gasteiger partial charge on any atom is -0.383 e. The molecule has 1 aromatic heterocycles. The molecule has 27 heavy (non-hydrogen) atoms. The number of halogens is 3. The fourth-order valence-electron chi connectivity index (χ4n) is 3.40. The van der Waals surface area contributed by atoms with Gasteiger partial charge in [-0.15, -0.1) is 0 Å². The van der Waals surface area contributed by atoms with Gasteiger partial charge in [-0.05, 0) is 24.5 Å². The molecule has 1 saturated heterocycles. The number of hydrogen-bond donors (Lipinski definition) is 1. The summed E-state index contributed by atoms with van der Waals surface area (Å²) in [4.78, 5) is 2.03. The topological polar surface area (TPSA) is 33.1 Å². The summed E-state index contributed by atoms with van der Waals surface area (Å²) >= 11 is 0. The van der Waals surface area contributed by atoms with Gasteiger partial charge >= 0.3 is 6.18 Å². The number of allylic oxidation sites excluding steroid dienone is 1. The van der Waals surface area contributed by atoms with Crippen LogP contribution in [-0.4, -0.2) is 27.3 Å². The molecule has 0 bridgehead atoms. The van der Waals surface area contributed by atoms with Crippen molar-refractivity contribution in [2.45, 2.75) is 38.1 Å². The van der Waals surface area contributed by atoms with E-state index in [0.717, 1.165) is 47.6 Å². The molecule has 0 spiro atoms. The Labute approximate surface area is 157 Å². The maximum atomic E-state index is 13.0. The molecule has 1 aromatic carbocycles. The Hall–Kier alpha value is -2.70. The lowest BCUT2D eigenvalue weighted by Crippen LogP contribution is -2.36. The Balaban J connectivity index is 1.63. The van der Waals surface area contributed by atoms with Crippen molar-refractivity contribution >= 4 is 0 Å². The van der Waals surface area contributed by atoms with Crippen molar-refractivity contribution < 1.29 is 13.2 Å². The van der Waals surface area contributed by atoms with Crippen LogP contribution in [0.4, 0.5) is 13.2 Å². The third-order valence-corrected chi connectivity index (χ3v) is 4.76. The van der Waals surface area contributed by atoms with Gasteiger partial charge in [0.05, 0.1) is 12.6 Å². The molecule has 1 fully saturated rings. The van der Waals surface area contributed by atoms with Crippen LogP contribution in [0.2, 0.25) is 0 Å². The van der Waals surface area contributed by atoms with Crippen LogP contribution in [0.5, 0.6) is 0 Å². The van der Waals surface area contributed by atoms with Crippen molar-refractivity contribution in [2.75, 3.05) is 6.54 Å². The highest BCUT2D eigenvalue weighted by atomic mass is 19.4. The summed E-state index contributed by atoms with van der Waals surface area (Å²) in [6.45, 7) is 9.57. The number of benzene rings is 1. The van der Waals surface area contributed by atoms with E-state index in [1.807, 2.05) is 35.2 Å². The Kier molecular flexibility index (Phi) is 5.58. The molecule has 0 radical (unpaired) electrons. The first-order chi connectivity index (χ1) is 12.9. The van der Waals surface area contributed by atoms with Crippen LogP contribution in [0.25, 0.3) is 0 Å². The first-order valence-electron chi connectivity index (χ1n) is 8.86. The monoisotopic (exact) mass is 376 g/mol. The largest absolute Gasteiger partial charge is 0.433 e. The molecule has 1 unspecified atom stereocenters. The molecule has 0 amide bonds. The molecule has 1 aliphatic rings. The van der Waals surface area contributed by atoms with Crippen LogP contribution in [0.15, 0.2) is 67.1 Å². The van der Waals surface area contributed by atoms with E-state index in [2.05, 4.69) is 23.6 Å². The zero-order valence-corrected chi connectivity index (χ0v) is 15.0. The van der Waals surface area contributed by atoms with Crippen LogP contribution in [0.1, 0.15) is 24.1 Å². The van der Waals surface area contributed by atoms with Crippen LogP contribution in [-0.2, 0) is 19.3 Å². The molecule has 2 heterocycles. The smallest absolute Gasteiger partial charge is 0.383 e. The summed E-state index contributed by atoms with van der Waals surface area (Å²) in [6, 6.07) is 11.0. The number of hydrogen-bond acceptors (Lipinski definition) is 3. The molecule has 144 valence electrons. The van der Waals surface area contributed by atoms with Gasteiger partial charge in [0.25, 0.3) is 0 Å². The van der Waals surface area contributed by atoms with Crippen molar-refractivity contribution in [1.29, 1.82) is 0 Å². The fourth-order valence-corrected chi connectivity index (χ4v) is 3.40. The quantitative estimate of drug-likeness (QED) is 0.787. The van der Waals surface area contributed by atoms with E-state index < -0.39 is 11.9 Å². The lowest BCUT2D eigenvalue weighted by Gasteiger charge is -2.31. The molecule has 0 aliphatic carbocycles. The summed E-state index contributed by atoms with van der Waals surface area (Å²) in [6.07, 6.45) is -1.42. The average Bonchev–Trinajstić information content (AvgIpc) is 3.29. The number of alkyl halides is 3. The lowest BCUT2D eigenvalue weighted by atomic mass is 10.1. The van der Waals surface area contributed by atoms with Gasteiger partial charge < -0.3 is 10.2 Å². The molecule has 7 heteroatoms. The summed E-state index contributed by atoms with van der Waals surface area (Å²) in [5.74, 6) is 0.